The zero-order valence-electron chi connectivity index (χ0n) is 8.98. The van der Waals surface area contributed by atoms with Crippen molar-refractivity contribution >= 4 is 11.0 Å². The third kappa shape index (κ3) is 1.94. The maximum Gasteiger partial charge on any atom is 0.135 e. The van der Waals surface area contributed by atoms with E-state index in [0.29, 0.717) is 11.3 Å². The van der Waals surface area contributed by atoms with Crippen molar-refractivity contribution in [3.8, 4) is 0 Å². The highest BCUT2D eigenvalue weighted by Crippen LogP contribution is 2.25. The van der Waals surface area contributed by atoms with Crippen LogP contribution in [0.25, 0.3) is 11.0 Å². The summed E-state index contributed by atoms with van der Waals surface area (Å²) in [7, 11) is 1.61. The molecule has 0 aliphatic heterocycles. The molecule has 0 saturated carbocycles. The van der Waals surface area contributed by atoms with E-state index in [4.69, 9.17) is 4.42 Å². The summed E-state index contributed by atoms with van der Waals surface area (Å²) in [6.45, 7) is -0.644. The van der Waals surface area contributed by atoms with Gasteiger partial charge in [-0.2, -0.15) is 0 Å². The van der Waals surface area contributed by atoms with Crippen molar-refractivity contribution < 1.29 is 13.9 Å². The lowest BCUT2D eigenvalue weighted by Gasteiger charge is -2.16. The molecule has 1 heterocycles. The van der Waals surface area contributed by atoms with Gasteiger partial charge in [-0.05, 0) is 19.2 Å². The van der Waals surface area contributed by atoms with Crippen LogP contribution >= 0.6 is 0 Å². The minimum absolute atomic E-state index is 0.387. The van der Waals surface area contributed by atoms with Crippen molar-refractivity contribution in [1.29, 1.82) is 0 Å². The van der Waals surface area contributed by atoms with Crippen molar-refractivity contribution in [2.75, 3.05) is 13.7 Å². The summed E-state index contributed by atoms with van der Waals surface area (Å²) in [4.78, 5) is 0. The molecule has 0 fully saturated rings. The van der Waals surface area contributed by atoms with Gasteiger partial charge in [0, 0.05) is 5.39 Å². The number of fused-ring (bicyclic) bond motifs is 1. The Labute approximate surface area is 92.9 Å². The Hall–Kier alpha value is -1.39. The van der Waals surface area contributed by atoms with Crippen LogP contribution in [-0.4, -0.2) is 24.9 Å². The molecule has 0 amide bonds. The number of furan rings is 1. The number of nitrogens with one attached hydrogen (secondary N) is 1. The van der Waals surface area contributed by atoms with E-state index in [9.17, 15) is 9.50 Å². The van der Waals surface area contributed by atoms with Crippen molar-refractivity contribution in [2.24, 2.45) is 0 Å². The molecule has 3 nitrogen and oxygen atoms in total. The number of benzene rings is 1. The second-order valence-corrected chi connectivity index (χ2v) is 3.68. The maximum atomic E-state index is 12.6. The Bertz CT molecular complexity index is 432. The lowest BCUT2D eigenvalue weighted by Crippen LogP contribution is -2.33. The van der Waals surface area contributed by atoms with Crippen molar-refractivity contribution in [2.45, 2.75) is 12.1 Å². The lowest BCUT2D eigenvalue weighted by atomic mass is 10.1. The van der Waals surface area contributed by atoms with Crippen LogP contribution in [0, 0.1) is 0 Å². The summed E-state index contributed by atoms with van der Waals surface area (Å²) in [5.41, 5.74) is 0.699. The number of rotatable bonds is 4. The van der Waals surface area contributed by atoms with E-state index in [1.165, 1.54) is 0 Å². The minimum Gasteiger partial charge on any atom is -0.458 e. The first-order valence-electron chi connectivity index (χ1n) is 5.16. The monoisotopic (exact) mass is 223 g/mol. The van der Waals surface area contributed by atoms with Crippen molar-refractivity contribution in [3.05, 3.63) is 36.1 Å². The second kappa shape index (κ2) is 4.63. The maximum absolute atomic E-state index is 12.6. The van der Waals surface area contributed by atoms with E-state index in [1.54, 1.807) is 13.1 Å². The number of hydrogen-bond acceptors (Lipinski definition) is 3. The SMILES string of the molecule is CNC(CF)C(O)c1cc2ccccc2o1. The largest absolute Gasteiger partial charge is 0.458 e. The van der Waals surface area contributed by atoms with E-state index in [0.717, 1.165) is 5.39 Å². The van der Waals surface area contributed by atoms with E-state index in [2.05, 4.69) is 5.32 Å². The van der Waals surface area contributed by atoms with Gasteiger partial charge in [-0.3, -0.25) is 0 Å². The molecule has 2 rings (SSSR count). The van der Waals surface area contributed by atoms with Gasteiger partial charge in [-0.15, -0.1) is 0 Å². The summed E-state index contributed by atoms with van der Waals surface area (Å²) in [5, 5.41) is 13.5. The van der Waals surface area contributed by atoms with Crippen LogP contribution in [-0.2, 0) is 0 Å². The van der Waals surface area contributed by atoms with Gasteiger partial charge in [-0.1, -0.05) is 18.2 Å². The molecular weight excluding hydrogens is 209 g/mol. The molecule has 0 aliphatic carbocycles. The normalized spacial score (nSPS) is 15.2. The first kappa shape index (κ1) is 11.1. The van der Waals surface area contributed by atoms with Gasteiger partial charge in [0.15, 0.2) is 0 Å². The molecule has 0 aliphatic rings. The zero-order chi connectivity index (χ0) is 11.5. The van der Waals surface area contributed by atoms with Gasteiger partial charge >= 0.3 is 0 Å². The Morgan fingerprint density at radius 2 is 2.19 bits per heavy atom. The number of aliphatic hydroxyl groups excluding tert-OH is 1. The average molecular weight is 223 g/mol. The molecule has 2 unspecified atom stereocenters. The predicted octanol–water partition coefficient (Wildman–Crippen LogP) is 2.02. The highest BCUT2D eigenvalue weighted by molar-refractivity contribution is 5.77. The molecule has 1 aromatic heterocycles. The molecule has 2 atom stereocenters. The molecule has 2 aromatic rings. The summed E-state index contributed by atoms with van der Waals surface area (Å²) < 4.78 is 18.0. The van der Waals surface area contributed by atoms with Gasteiger partial charge < -0.3 is 14.8 Å². The first-order chi connectivity index (χ1) is 7.76. The third-order valence-electron chi connectivity index (χ3n) is 2.65. The van der Waals surface area contributed by atoms with Crippen LogP contribution < -0.4 is 5.32 Å². The third-order valence-corrected chi connectivity index (χ3v) is 2.65. The van der Waals surface area contributed by atoms with E-state index >= 15 is 0 Å². The molecular formula is C12H14FNO2. The molecule has 4 heteroatoms. The number of aliphatic hydroxyl groups is 1. The number of likely N-dealkylation sites (N-methyl/N-ethyl adjacent to an activating group) is 1. The smallest absolute Gasteiger partial charge is 0.135 e. The molecule has 2 N–H and O–H groups in total. The van der Waals surface area contributed by atoms with Crippen LogP contribution in [0.1, 0.15) is 11.9 Å². The van der Waals surface area contributed by atoms with E-state index < -0.39 is 18.8 Å². The van der Waals surface area contributed by atoms with Gasteiger partial charge in [-0.25, -0.2) is 4.39 Å². The highest BCUT2D eigenvalue weighted by atomic mass is 19.1. The number of alkyl halides is 1. The fourth-order valence-electron chi connectivity index (χ4n) is 1.67. The van der Waals surface area contributed by atoms with Crippen molar-refractivity contribution in [1.82, 2.24) is 5.32 Å². The Balaban J connectivity index is 2.32. The average Bonchev–Trinajstić information content (AvgIpc) is 2.74. The van der Waals surface area contributed by atoms with Gasteiger partial charge in [0.1, 0.15) is 24.1 Å². The predicted molar refractivity (Wildman–Crippen MR) is 60.0 cm³/mol. The molecule has 16 heavy (non-hydrogen) atoms. The Morgan fingerprint density at radius 3 is 2.81 bits per heavy atom. The zero-order valence-corrected chi connectivity index (χ0v) is 8.98. The summed E-state index contributed by atoms with van der Waals surface area (Å²) >= 11 is 0. The molecule has 0 saturated heterocycles. The van der Waals surface area contributed by atoms with Crippen molar-refractivity contribution in [3.63, 3.8) is 0 Å². The molecule has 86 valence electrons. The minimum atomic E-state index is -0.970. The van der Waals surface area contributed by atoms with Crippen LogP contribution in [0.3, 0.4) is 0 Å². The fourth-order valence-corrected chi connectivity index (χ4v) is 1.67. The summed E-state index contributed by atoms with van der Waals surface area (Å²) in [6.07, 6.45) is -0.970. The Morgan fingerprint density at radius 1 is 1.44 bits per heavy atom. The topological polar surface area (TPSA) is 45.4 Å². The standard InChI is InChI=1S/C12H14FNO2/c1-14-9(7-13)12(15)11-6-8-4-2-3-5-10(8)16-11/h2-6,9,12,14-15H,7H2,1H3. The number of para-hydroxylation sites is 1. The first-order valence-corrected chi connectivity index (χ1v) is 5.16. The van der Waals surface area contributed by atoms with Gasteiger partial charge in [0.25, 0.3) is 0 Å². The van der Waals surface area contributed by atoms with Crippen LogP contribution in [0.15, 0.2) is 34.7 Å². The van der Waals surface area contributed by atoms with E-state index in [1.807, 2.05) is 24.3 Å². The van der Waals surface area contributed by atoms with Crippen LogP contribution in [0.2, 0.25) is 0 Å². The molecule has 0 radical (unpaired) electrons. The Kier molecular flexibility index (Phi) is 3.22. The molecule has 1 aromatic carbocycles. The summed E-state index contributed by atoms with van der Waals surface area (Å²) in [5.74, 6) is 0.387. The van der Waals surface area contributed by atoms with Crippen LogP contribution in [0.4, 0.5) is 4.39 Å². The number of halogens is 1. The number of hydrogen-bond donors (Lipinski definition) is 2. The quantitative estimate of drug-likeness (QED) is 0.833. The lowest BCUT2D eigenvalue weighted by molar-refractivity contribution is 0.0976. The fraction of sp³-hybridized carbons (Fsp3) is 0.333. The summed E-state index contributed by atoms with van der Waals surface area (Å²) in [6, 6.07) is 8.54. The highest BCUT2D eigenvalue weighted by Gasteiger charge is 2.22. The second-order valence-electron chi connectivity index (χ2n) is 3.68. The molecule has 0 spiro atoms. The van der Waals surface area contributed by atoms with E-state index in [-0.39, 0.29) is 0 Å². The van der Waals surface area contributed by atoms with Gasteiger partial charge in [0.05, 0.1) is 6.04 Å². The van der Waals surface area contributed by atoms with Crippen LogP contribution in [0.5, 0.6) is 0 Å². The van der Waals surface area contributed by atoms with Gasteiger partial charge in [0.2, 0.25) is 0 Å². The molecule has 0 bridgehead atoms.